The van der Waals surface area contributed by atoms with E-state index in [1.807, 2.05) is 25.1 Å². The Kier molecular flexibility index (Phi) is 4.27. The number of anilines is 1. The predicted molar refractivity (Wildman–Crippen MR) is 83.7 cm³/mol. The second-order valence-electron chi connectivity index (χ2n) is 5.49. The van der Waals surface area contributed by atoms with Crippen LogP contribution < -0.4 is 10.2 Å². The first-order valence-corrected chi connectivity index (χ1v) is 7.48. The van der Waals surface area contributed by atoms with Gasteiger partial charge in [0.25, 0.3) is 5.91 Å². The van der Waals surface area contributed by atoms with E-state index in [2.05, 4.69) is 25.2 Å². The maximum Gasteiger partial charge on any atom is 0.271 e. The van der Waals surface area contributed by atoms with Crippen molar-refractivity contribution >= 4 is 11.7 Å². The molecule has 1 amide bonds. The van der Waals surface area contributed by atoms with E-state index in [1.54, 1.807) is 12.4 Å². The Bertz CT molecular complexity index is 629. The molecule has 0 aliphatic carbocycles. The van der Waals surface area contributed by atoms with Crippen LogP contribution in [0.5, 0.6) is 0 Å². The van der Waals surface area contributed by atoms with Crippen molar-refractivity contribution in [1.29, 1.82) is 0 Å². The fourth-order valence-corrected chi connectivity index (χ4v) is 2.61. The summed E-state index contributed by atoms with van der Waals surface area (Å²) >= 11 is 0. The summed E-state index contributed by atoms with van der Waals surface area (Å²) in [5, 5.41) is 3.04. The molecule has 2 aromatic heterocycles. The van der Waals surface area contributed by atoms with E-state index in [4.69, 9.17) is 0 Å². The summed E-state index contributed by atoms with van der Waals surface area (Å²) in [6, 6.07) is 5.98. The third-order valence-corrected chi connectivity index (χ3v) is 3.74. The van der Waals surface area contributed by atoms with Crippen LogP contribution in [-0.2, 0) is 0 Å². The first-order chi connectivity index (χ1) is 10.7. The lowest BCUT2D eigenvalue weighted by molar-refractivity contribution is 0.0927. The van der Waals surface area contributed by atoms with Gasteiger partial charge in [-0.3, -0.25) is 9.78 Å². The molecule has 6 heteroatoms. The van der Waals surface area contributed by atoms with Crippen LogP contribution in [0.3, 0.4) is 0 Å². The number of pyridine rings is 1. The maximum absolute atomic E-state index is 12.2. The van der Waals surface area contributed by atoms with Gasteiger partial charge in [0.15, 0.2) is 0 Å². The van der Waals surface area contributed by atoms with Crippen LogP contribution in [0.2, 0.25) is 0 Å². The van der Waals surface area contributed by atoms with Crippen molar-refractivity contribution in [3.63, 3.8) is 0 Å². The molecule has 0 bridgehead atoms. The number of amides is 1. The summed E-state index contributed by atoms with van der Waals surface area (Å²) in [5.41, 5.74) is 1.16. The molecule has 0 saturated carbocycles. The molecule has 1 N–H and O–H groups in total. The van der Waals surface area contributed by atoms with Crippen LogP contribution in [0.1, 0.15) is 29.0 Å². The second-order valence-corrected chi connectivity index (χ2v) is 5.49. The van der Waals surface area contributed by atoms with Gasteiger partial charge < -0.3 is 10.2 Å². The number of nitrogens with one attached hydrogen (secondary N) is 1. The van der Waals surface area contributed by atoms with Crippen molar-refractivity contribution in [3.05, 3.63) is 48.2 Å². The molecule has 0 radical (unpaired) electrons. The monoisotopic (exact) mass is 297 g/mol. The Hall–Kier alpha value is -2.50. The summed E-state index contributed by atoms with van der Waals surface area (Å²) < 4.78 is 0. The zero-order valence-corrected chi connectivity index (χ0v) is 12.6. The minimum atomic E-state index is -0.166. The molecular weight excluding hydrogens is 278 g/mol. The van der Waals surface area contributed by atoms with E-state index in [0.29, 0.717) is 5.69 Å². The molecule has 0 spiro atoms. The summed E-state index contributed by atoms with van der Waals surface area (Å²) in [4.78, 5) is 27.0. The average molecular weight is 297 g/mol. The molecule has 1 fully saturated rings. The maximum atomic E-state index is 12.2. The topological polar surface area (TPSA) is 71.0 Å². The van der Waals surface area contributed by atoms with Crippen LogP contribution >= 0.6 is 0 Å². The van der Waals surface area contributed by atoms with Crippen LogP contribution in [-0.4, -0.2) is 40.0 Å². The number of aromatic nitrogens is 3. The predicted octanol–water partition coefficient (Wildman–Crippen LogP) is 1.58. The molecule has 114 valence electrons. The van der Waals surface area contributed by atoms with E-state index < -0.39 is 0 Å². The third-order valence-electron chi connectivity index (χ3n) is 3.74. The van der Waals surface area contributed by atoms with E-state index in [-0.39, 0.29) is 11.9 Å². The minimum absolute atomic E-state index is 0.103. The highest BCUT2D eigenvalue weighted by atomic mass is 16.2. The SMILES string of the molecule is Cc1cnc(C(=O)NC2CCCN(c3ccccn3)C2)cn1. The standard InChI is InChI=1S/C16H19N5O/c1-12-9-19-14(10-18-12)16(22)20-13-5-4-8-21(11-13)15-6-2-3-7-17-15/h2-3,6-7,9-10,13H,4-5,8,11H2,1H3,(H,20,22). The largest absolute Gasteiger partial charge is 0.355 e. The molecule has 0 aromatic carbocycles. The lowest BCUT2D eigenvalue weighted by Gasteiger charge is -2.33. The zero-order chi connectivity index (χ0) is 15.4. The number of hydrogen-bond donors (Lipinski definition) is 1. The average Bonchev–Trinajstić information content (AvgIpc) is 2.56. The Labute approximate surface area is 129 Å². The van der Waals surface area contributed by atoms with Crippen molar-refractivity contribution in [2.45, 2.75) is 25.8 Å². The Balaban J connectivity index is 1.63. The van der Waals surface area contributed by atoms with E-state index >= 15 is 0 Å². The molecule has 1 atom stereocenters. The van der Waals surface area contributed by atoms with Gasteiger partial charge in [-0.1, -0.05) is 6.07 Å². The van der Waals surface area contributed by atoms with Crippen molar-refractivity contribution < 1.29 is 4.79 Å². The molecule has 6 nitrogen and oxygen atoms in total. The Morgan fingerprint density at radius 1 is 1.27 bits per heavy atom. The van der Waals surface area contributed by atoms with Crippen LogP contribution in [0.15, 0.2) is 36.8 Å². The van der Waals surface area contributed by atoms with Gasteiger partial charge >= 0.3 is 0 Å². The highest BCUT2D eigenvalue weighted by molar-refractivity contribution is 5.92. The molecule has 1 saturated heterocycles. The number of piperidine rings is 1. The lowest BCUT2D eigenvalue weighted by atomic mass is 10.1. The van der Waals surface area contributed by atoms with Crippen LogP contribution in [0.25, 0.3) is 0 Å². The fourth-order valence-electron chi connectivity index (χ4n) is 2.61. The molecular formula is C16H19N5O. The summed E-state index contributed by atoms with van der Waals surface area (Å²) in [6.07, 6.45) is 6.91. The second kappa shape index (κ2) is 6.51. The molecule has 22 heavy (non-hydrogen) atoms. The van der Waals surface area contributed by atoms with Crippen LogP contribution in [0, 0.1) is 6.92 Å². The van der Waals surface area contributed by atoms with Gasteiger partial charge in [0, 0.05) is 31.5 Å². The van der Waals surface area contributed by atoms with Crippen molar-refractivity contribution in [3.8, 4) is 0 Å². The number of hydrogen-bond acceptors (Lipinski definition) is 5. The number of rotatable bonds is 3. The smallest absolute Gasteiger partial charge is 0.271 e. The van der Waals surface area contributed by atoms with Gasteiger partial charge in [0.2, 0.25) is 0 Å². The number of aryl methyl sites for hydroxylation is 1. The summed E-state index contributed by atoms with van der Waals surface area (Å²) in [6.45, 7) is 3.58. The van der Waals surface area contributed by atoms with Gasteiger partial charge in [0.05, 0.1) is 11.9 Å². The molecule has 3 rings (SSSR count). The molecule has 3 heterocycles. The molecule has 1 aliphatic heterocycles. The van der Waals surface area contributed by atoms with Crippen molar-refractivity contribution in [2.24, 2.45) is 0 Å². The first kappa shape index (κ1) is 14.4. The van der Waals surface area contributed by atoms with E-state index in [1.165, 1.54) is 6.20 Å². The third kappa shape index (κ3) is 3.39. The number of nitrogens with zero attached hydrogens (tertiary/aromatic N) is 4. The molecule has 2 aromatic rings. The van der Waals surface area contributed by atoms with Crippen LogP contribution in [0.4, 0.5) is 5.82 Å². The highest BCUT2D eigenvalue weighted by Gasteiger charge is 2.23. The van der Waals surface area contributed by atoms with Gasteiger partial charge in [-0.2, -0.15) is 0 Å². The number of carbonyl (C=O) groups excluding carboxylic acids is 1. The lowest BCUT2D eigenvalue weighted by Crippen LogP contribution is -2.48. The Morgan fingerprint density at radius 3 is 2.91 bits per heavy atom. The zero-order valence-electron chi connectivity index (χ0n) is 12.6. The van der Waals surface area contributed by atoms with Crippen molar-refractivity contribution in [1.82, 2.24) is 20.3 Å². The Morgan fingerprint density at radius 2 is 2.18 bits per heavy atom. The molecule has 1 unspecified atom stereocenters. The van der Waals surface area contributed by atoms with Crippen molar-refractivity contribution in [2.75, 3.05) is 18.0 Å². The van der Waals surface area contributed by atoms with E-state index in [0.717, 1.165) is 37.4 Å². The van der Waals surface area contributed by atoms with Gasteiger partial charge in [-0.25, -0.2) is 9.97 Å². The first-order valence-electron chi connectivity index (χ1n) is 7.48. The fraction of sp³-hybridized carbons (Fsp3) is 0.375. The van der Waals surface area contributed by atoms with Gasteiger partial charge in [-0.05, 0) is 31.9 Å². The minimum Gasteiger partial charge on any atom is -0.355 e. The van der Waals surface area contributed by atoms with E-state index in [9.17, 15) is 4.79 Å². The normalized spacial score (nSPS) is 18.0. The summed E-state index contributed by atoms with van der Waals surface area (Å²) in [7, 11) is 0. The number of carbonyl (C=O) groups is 1. The quantitative estimate of drug-likeness (QED) is 0.931. The van der Waals surface area contributed by atoms with Gasteiger partial charge in [0.1, 0.15) is 11.5 Å². The highest BCUT2D eigenvalue weighted by Crippen LogP contribution is 2.17. The molecule has 1 aliphatic rings. The summed E-state index contributed by atoms with van der Waals surface area (Å²) in [5.74, 6) is 0.789. The van der Waals surface area contributed by atoms with Gasteiger partial charge in [-0.15, -0.1) is 0 Å².